The summed E-state index contributed by atoms with van der Waals surface area (Å²) in [5.74, 6) is 0. The number of carbonyl (C=O) groups excluding carboxylic acids is 1. The Balaban J connectivity index is 2.40. The zero-order valence-corrected chi connectivity index (χ0v) is 6.84. The van der Waals surface area contributed by atoms with Crippen LogP contribution in [0.1, 0.15) is 0 Å². The van der Waals surface area contributed by atoms with Gasteiger partial charge < -0.3 is 5.32 Å². The first-order valence-corrected chi connectivity index (χ1v) is 3.87. The lowest BCUT2D eigenvalue weighted by molar-refractivity contribution is -0.110. The number of fused-ring (bicyclic) bond motifs is 1. The number of nitrogens with zero attached hydrogens (tertiary/aromatic N) is 3. The highest BCUT2D eigenvalue weighted by molar-refractivity contribution is 5.73. The first-order chi connectivity index (χ1) is 6.42. The molecular formula is C8H8N4O. The molecule has 1 heterocycles. The molecule has 0 aliphatic carbocycles. The van der Waals surface area contributed by atoms with Crippen molar-refractivity contribution < 1.29 is 4.79 Å². The monoisotopic (exact) mass is 176 g/mol. The Labute approximate surface area is 74.3 Å². The van der Waals surface area contributed by atoms with Gasteiger partial charge in [-0.15, -0.1) is 5.10 Å². The molecular weight excluding hydrogens is 168 g/mol. The minimum atomic E-state index is 0.351. The van der Waals surface area contributed by atoms with E-state index in [0.29, 0.717) is 13.1 Å². The van der Waals surface area contributed by atoms with Crippen LogP contribution in [0.4, 0.5) is 0 Å². The third kappa shape index (κ3) is 1.35. The number of hydrogen-bond acceptors (Lipinski definition) is 3. The lowest BCUT2D eigenvalue weighted by Gasteiger charge is -1.98. The van der Waals surface area contributed by atoms with Crippen molar-refractivity contribution in [3.63, 3.8) is 0 Å². The normalized spacial score (nSPS) is 10.2. The second-order valence-corrected chi connectivity index (χ2v) is 2.56. The maximum atomic E-state index is 10.1. The van der Waals surface area contributed by atoms with Gasteiger partial charge in [-0.2, -0.15) is 0 Å². The fourth-order valence-corrected chi connectivity index (χ4v) is 1.16. The Morgan fingerprint density at radius 3 is 3.15 bits per heavy atom. The number of para-hydroxylation sites is 1. The highest BCUT2D eigenvalue weighted by atomic mass is 16.1. The van der Waals surface area contributed by atoms with E-state index in [-0.39, 0.29) is 0 Å². The molecule has 13 heavy (non-hydrogen) atoms. The zero-order valence-electron chi connectivity index (χ0n) is 6.84. The van der Waals surface area contributed by atoms with Crippen LogP contribution in [0.2, 0.25) is 0 Å². The van der Waals surface area contributed by atoms with Crippen LogP contribution in [-0.4, -0.2) is 21.4 Å². The molecule has 0 bridgehead atoms. The second kappa shape index (κ2) is 3.22. The quantitative estimate of drug-likeness (QED) is 0.676. The summed E-state index contributed by atoms with van der Waals surface area (Å²) in [4.78, 5) is 10.1. The van der Waals surface area contributed by atoms with Crippen molar-refractivity contribution in [3.8, 4) is 0 Å². The molecule has 0 aliphatic heterocycles. The number of benzene rings is 1. The molecule has 66 valence electrons. The van der Waals surface area contributed by atoms with Gasteiger partial charge >= 0.3 is 0 Å². The van der Waals surface area contributed by atoms with E-state index in [1.165, 1.54) is 0 Å². The Hall–Kier alpha value is -1.91. The highest BCUT2D eigenvalue weighted by Crippen LogP contribution is 2.08. The van der Waals surface area contributed by atoms with Gasteiger partial charge in [-0.3, -0.25) is 4.79 Å². The van der Waals surface area contributed by atoms with Crippen molar-refractivity contribution in [1.29, 1.82) is 0 Å². The van der Waals surface area contributed by atoms with Crippen LogP contribution in [0.25, 0.3) is 11.0 Å². The lowest BCUT2D eigenvalue weighted by Crippen LogP contribution is -2.17. The Bertz CT molecular complexity index is 423. The molecule has 0 unspecified atom stereocenters. The third-order valence-corrected chi connectivity index (χ3v) is 1.74. The Morgan fingerprint density at radius 1 is 1.46 bits per heavy atom. The molecule has 0 saturated heterocycles. The summed E-state index contributed by atoms with van der Waals surface area (Å²) in [6.07, 6.45) is 0.635. The van der Waals surface area contributed by atoms with Crippen LogP contribution in [0.5, 0.6) is 0 Å². The molecule has 5 heteroatoms. The summed E-state index contributed by atoms with van der Waals surface area (Å²) in [5, 5.41) is 10.3. The molecule has 1 aromatic heterocycles. The lowest BCUT2D eigenvalue weighted by atomic mass is 10.3. The summed E-state index contributed by atoms with van der Waals surface area (Å²) < 4.78 is 1.63. The van der Waals surface area contributed by atoms with Crippen LogP contribution in [0, 0.1) is 0 Å². The van der Waals surface area contributed by atoms with E-state index in [2.05, 4.69) is 15.6 Å². The van der Waals surface area contributed by atoms with Gasteiger partial charge in [0.05, 0.1) is 5.52 Å². The summed E-state index contributed by atoms with van der Waals surface area (Å²) in [5.41, 5.74) is 1.74. The fraction of sp³-hybridized carbons (Fsp3) is 0.125. The predicted molar refractivity (Wildman–Crippen MR) is 46.7 cm³/mol. The van der Waals surface area contributed by atoms with E-state index >= 15 is 0 Å². The minimum Gasteiger partial charge on any atom is -0.339 e. The van der Waals surface area contributed by atoms with Crippen molar-refractivity contribution >= 4 is 17.4 Å². The van der Waals surface area contributed by atoms with Gasteiger partial charge in [0.2, 0.25) is 6.41 Å². The molecule has 0 radical (unpaired) electrons. The number of rotatable bonds is 3. The molecule has 1 N–H and O–H groups in total. The van der Waals surface area contributed by atoms with Crippen molar-refractivity contribution in [2.24, 2.45) is 0 Å². The minimum absolute atomic E-state index is 0.351. The smallest absolute Gasteiger partial charge is 0.208 e. The van der Waals surface area contributed by atoms with E-state index in [4.69, 9.17) is 0 Å². The fourth-order valence-electron chi connectivity index (χ4n) is 1.16. The Kier molecular flexibility index (Phi) is 1.91. The maximum absolute atomic E-state index is 10.1. The van der Waals surface area contributed by atoms with E-state index in [0.717, 1.165) is 11.0 Å². The summed E-state index contributed by atoms with van der Waals surface area (Å²) >= 11 is 0. The average molecular weight is 176 g/mol. The molecule has 2 aromatic rings. The van der Waals surface area contributed by atoms with Gasteiger partial charge in [-0.25, -0.2) is 4.68 Å². The first-order valence-electron chi connectivity index (χ1n) is 3.87. The molecule has 0 fully saturated rings. The van der Waals surface area contributed by atoms with Crippen molar-refractivity contribution in [1.82, 2.24) is 20.3 Å². The standard InChI is InChI=1S/C8H8N4O/c13-6-9-5-12-8-4-2-1-3-7(8)10-11-12/h1-4,6H,5H2,(H,9,13). The largest absolute Gasteiger partial charge is 0.339 e. The van der Waals surface area contributed by atoms with Gasteiger partial charge in [0.25, 0.3) is 0 Å². The van der Waals surface area contributed by atoms with Gasteiger partial charge in [-0.1, -0.05) is 17.3 Å². The number of nitrogens with one attached hydrogen (secondary N) is 1. The molecule has 5 nitrogen and oxygen atoms in total. The van der Waals surface area contributed by atoms with Crippen molar-refractivity contribution in [3.05, 3.63) is 24.3 Å². The molecule has 0 aliphatic rings. The molecule has 1 amide bonds. The first kappa shape index (κ1) is 7.72. The van der Waals surface area contributed by atoms with E-state index in [1.807, 2.05) is 24.3 Å². The van der Waals surface area contributed by atoms with Gasteiger partial charge in [0, 0.05) is 0 Å². The third-order valence-electron chi connectivity index (χ3n) is 1.74. The van der Waals surface area contributed by atoms with Crippen LogP contribution in [0.3, 0.4) is 0 Å². The van der Waals surface area contributed by atoms with Crippen LogP contribution in [0.15, 0.2) is 24.3 Å². The number of aromatic nitrogens is 3. The summed E-state index contributed by atoms with van der Waals surface area (Å²) in [7, 11) is 0. The number of amides is 1. The SMILES string of the molecule is O=CNCn1nnc2ccccc21. The molecule has 0 spiro atoms. The zero-order chi connectivity index (χ0) is 9.10. The summed E-state index contributed by atoms with van der Waals surface area (Å²) in [6, 6.07) is 7.58. The highest BCUT2D eigenvalue weighted by Gasteiger charge is 2.00. The maximum Gasteiger partial charge on any atom is 0.208 e. The van der Waals surface area contributed by atoms with Gasteiger partial charge in [0.15, 0.2) is 0 Å². The number of carbonyl (C=O) groups is 1. The van der Waals surface area contributed by atoms with Crippen LogP contribution in [-0.2, 0) is 11.5 Å². The molecule has 1 aromatic carbocycles. The summed E-state index contributed by atoms with van der Waals surface area (Å²) in [6.45, 7) is 0.351. The van der Waals surface area contributed by atoms with Crippen molar-refractivity contribution in [2.45, 2.75) is 6.67 Å². The van der Waals surface area contributed by atoms with Gasteiger partial charge in [-0.05, 0) is 12.1 Å². The van der Waals surface area contributed by atoms with Gasteiger partial charge in [0.1, 0.15) is 12.2 Å². The number of hydrogen-bond donors (Lipinski definition) is 1. The molecule has 2 rings (SSSR count). The van der Waals surface area contributed by atoms with E-state index < -0.39 is 0 Å². The van der Waals surface area contributed by atoms with Crippen LogP contribution < -0.4 is 5.32 Å². The topological polar surface area (TPSA) is 59.8 Å². The predicted octanol–water partition coefficient (Wildman–Crippen LogP) is 0.135. The van der Waals surface area contributed by atoms with E-state index in [9.17, 15) is 4.79 Å². The Morgan fingerprint density at radius 2 is 2.31 bits per heavy atom. The molecule has 0 saturated carbocycles. The van der Waals surface area contributed by atoms with Crippen LogP contribution >= 0.6 is 0 Å². The molecule has 0 atom stereocenters. The average Bonchev–Trinajstić information content (AvgIpc) is 2.58. The van der Waals surface area contributed by atoms with E-state index in [1.54, 1.807) is 4.68 Å². The van der Waals surface area contributed by atoms with Crippen molar-refractivity contribution in [2.75, 3.05) is 0 Å². The second-order valence-electron chi connectivity index (χ2n) is 2.56.